The molecule has 0 atom stereocenters. The molecule has 0 unspecified atom stereocenters. The van der Waals surface area contributed by atoms with E-state index in [1.165, 1.54) is 32.4 Å². The smallest absolute Gasteiger partial charge is 0.271 e. The predicted molar refractivity (Wildman–Crippen MR) is 106 cm³/mol. The first-order chi connectivity index (χ1) is 14.3. The zero-order valence-corrected chi connectivity index (χ0v) is 16.6. The minimum absolute atomic E-state index is 0.0350. The van der Waals surface area contributed by atoms with E-state index in [1.807, 2.05) is 0 Å². The van der Waals surface area contributed by atoms with Crippen LogP contribution in [-0.2, 0) is 4.79 Å². The Balaban J connectivity index is 1.93. The standard InChI is InChI=1S/C18H17ClN4O7/c1-29-11-4-5-12(15(8-11)30-2)17(25)20-9-16(24)21-22-18(26)13-7-10(23(27)28)3-6-14(13)19/h3-8H,9H2,1-2H3,(H,20,25)(H,21,24)(H,22,26). The maximum atomic E-state index is 12.3. The van der Waals surface area contributed by atoms with E-state index in [-0.39, 0.29) is 27.6 Å². The van der Waals surface area contributed by atoms with E-state index in [1.54, 1.807) is 6.07 Å². The van der Waals surface area contributed by atoms with Gasteiger partial charge in [-0.05, 0) is 18.2 Å². The van der Waals surface area contributed by atoms with Gasteiger partial charge >= 0.3 is 0 Å². The second-order valence-electron chi connectivity index (χ2n) is 5.67. The van der Waals surface area contributed by atoms with E-state index in [9.17, 15) is 24.5 Å². The average molecular weight is 437 g/mol. The number of nitro groups is 1. The van der Waals surface area contributed by atoms with Gasteiger partial charge in [0, 0.05) is 18.2 Å². The Bertz CT molecular complexity index is 996. The number of hydrogen-bond acceptors (Lipinski definition) is 7. The summed E-state index contributed by atoms with van der Waals surface area (Å²) in [5, 5.41) is 13.1. The number of hydrazine groups is 1. The van der Waals surface area contributed by atoms with Gasteiger partial charge in [-0.15, -0.1) is 0 Å². The summed E-state index contributed by atoms with van der Waals surface area (Å²) < 4.78 is 10.2. The van der Waals surface area contributed by atoms with Crippen molar-refractivity contribution in [1.29, 1.82) is 0 Å². The number of benzene rings is 2. The van der Waals surface area contributed by atoms with E-state index in [4.69, 9.17) is 21.1 Å². The van der Waals surface area contributed by atoms with Crippen molar-refractivity contribution in [3.05, 3.63) is 62.7 Å². The van der Waals surface area contributed by atoms with Crippen LogP contribution >= 0.6 is 11.6 Å². The number of carbonyl (C=O) groups excluding carboxylic acids is 3. The maximum absolute atomic E-state index is 12.3. The van der Waals surface area contributed by atoms with E-state index < -0.39 is 29.2 Å². The number of carbonyl (C=O) groups is 3. The molecule has 0 saturated carbocycles. The molecule has 3 amide bonds. The molecule has 0 aliphatic rings. The average Bonchev–Trinajstić information content (AvgIpc) is 2.75. The van der Waals surface area contributed by atoms with Crippen molar-refractivity contribution in [2.24, 2.45) is 0 Å². The van der Waals surface area contributed by atoms with Crippen molar-refractivity contribution >= 4 is 35.0 Å². The van der Waals surface area contributed by atoms with Gasteiger partial charge in [-0.2, -0.15) is 0 Å². The Morgan fingerprint density at radius 2 is 1.73 bits per heavy atom. The number of hydrogen-bond donors (Lipinski definition) is 3. The molecule has 0 radical (unpaired) electrons. The molecule has 2 aromatic carbocycles. The van der Waals surface area contributed by atoms with Crippen molar-refractivity contribution in [2.45, 2.75) is 0 Å². The summed E-state index contributed by atoms with van der Waals surface area (Å²) >= 11 is 5.86. The van der Waals surface area contributed by atoms with Gasteiger partial charge < -0.3 is 14.8 Å². The van der Waals surface area contributed by atoms with Crippen LogP contribution in [0.15, 0.2) is 36.4 Å². The molecule has 158 valence electrons. The fourth-order valence-electron chi connectivity index (χ4n) is 2.28. The zero-order chi connectivity index (χ0) is 22.3. The Labute approximate surface area is 175 Å². The molecule has 3 N–H and O–H groups in total. The molecule has 0 heterocycles. The molecule has 0 aliphatic carbocycles. The van der Waals surface area contributed by atoms with Crippen LogP contribution in [0.2, 0.25) is 5.02 Å². The molecule has 2 aromatic rings. The number of nitro benzene ring substituents is 1. The van der Waals surface area contributed by atoms with E-state index in [2.05, 4.69) is 16.2 Å². The van der Waals surface area contributed by atoms with Crippen LogP contribution in [0.4, 0.5) is 5.69 Å². The summed E-state index contributed by atoms with van der Waals surface area (Å²) in [6.07, 6.45) is 0. The molecule has 0 aliphatic heterocycles. The summed E-state index contributed by atoms with van der Waals surface area (Å²) in [5.74, 6) is -1.45. The molecular weight excluding hydrogens is 420 g/mol. The van der Waals surface area contributed by atoms with Gasteiger partial charge in [-0.25, -0.2) is 0 Å². The molecule has 30 heavy (non-hydrogen) atoms. The number of nitrogens with one attached hydrogen (secondary N) is 3. The monoisotopic (exact) mass is 436 g/mol. The Kier molecular flexibility index (Phi) is 7.53. The van der Waals surface area contributed by atoms with Crippen molar-refractivity contribution < 1.29 is 28.8 Å². The highest BCUT2D eigenvalue weighted by molar-refractivity contribution is 6.34. The maximum Gasteiger partial charge on any atom is 0.271 e. The van der Waals surface area contributed by atoms with Crippen LogP contribution < -0.4 is 25.6 Å². The first-order valence-electron chi connectivity index (χ1n) is 8.30. The van der Waals surface area contributed by atoms with Gasteiger partial charge in [0.1, 0.15) is 11.5 Å². The van der Waals surface area contributed by atoms with Gasteiger partial charge in [0.05, 0.1) is 41.8 Å². The van der Waals surface area contributed by atoms with Crippen molar-refractivity contribution in [2.75, 3.05) is 20.8 Å². The van der Waals surface area contributed by atoms with E-state index in [0.29, 0.717) is 5.75 Å². The first kappa shape index (κ1) is 22.4. The zero-order valence-electron chi connectivity index (χ0n) is 15.9. The number of ether oxygens (including phenoxy) is 2. The lowest BCUT2D eigenvalue weighted by atomic mass is 10.1. The second-order valence-corrected chi connectivity index (χ2v) is 6.08. The summed E-state index contributed by atoms with van der Waals surface area (Å²) in [7, 11) is 2.85. The third-order valence-electron chi connectivity index (χ3n) is 3.78. The minimum Gasteiger partial charge on any atom is -0.497 e. The molecular formula is C18H17ClN4O7. The number of halogens is 1. The molecule has 0 saturated heterocycles. The van der Waals surface area contributed by atoms with Crippen molar-refractivity contribution in [3.63, 3.8) is 0 Å². The highest BCUT2D eigenvalue weighted by atomic mass is 35.5. The molecule has 0 spiro atoms. The minimum atomic E-state index is -0.861. The lowest BCUT2D eigenvalue weighted by Crippen LogP contribution is -2.46. The molecule has 0 bridgehead atoms. The SMILES string of the molecule is COc1ccc(C(=O)NCC(=O)NNC(=O)c2cc([N+](=O)[O-])ccc2Cl)c(OC)c1. The van der Waals surface area contributed by atoms with Crippen LogP contribution in [-0.4, -0.2) is 43.4 Å². The molecule has 12 heteroatoms. The Morgan fingerprint density at radius 1 is 1.00 bits per heavy atom. The van der Waals surface area contributed by atoms with Crippen LogP contribution in [0.5, 0.6) is 11.5 Å². The molecule has 0 aromatic heterocycles. The van der Waals surface area contributed by atoms with Gasteiger partial charge in [-0.1, -0.05) is 11.6 Å². The van der Waals surface area contributed by atoms with E-state index >= 15 is 0 Å². The first-order valence-corrected chi connectivity index (χ1v) is 8.68. The van der Waals surface area contributed by atoms with Crippen LogP contribution in [0.1, 0.15) is 20.7 Å². The van der Waals surface area contributed by atoms with E-state index in [0.717, 1.165) is 12.1 Å². The number of rotatable bonds is 7. The molecule has 11 nitrogen and oxygen atoms in total. The quantitative estimate of drug-likeness (QED) is 0.439. The number of methoxy groups -OCH3 is 2. The largest absolute Gasteiger partial charge is 0.497 e. The van der Waals surface area contributed by atoms with Gasteiger partial charge in [-0.3, -0.25) is 35.3 Å². The summed E-state index contributed by atoms with van der Waals surface area (Å²) in [6.45, 7) is -0.461. The molecule has 2 rings (SSSR count). The normalized spacial score (nSPS) is 9.97. The summed E-state index contributed by atoms with van der Waals surface area (Å²) in [6, 6.07) is 7.84. The molecule has 0 fully saturated rings. The van der Waals surface area contributed by atoms with Crippen LogP contribution in [0.3, 0.4) is 0 Å². The second kappa shape index (κ2) is 10.1. The number of amides is 3. The van der Waals surface area contributed by atoms with Crippen molar-refractivity contribution in [3.8, 4) is 11.5 Å². The van der Waals surface area contributed by atoms with Crippen molar-refractivity contribution in [1.82, 2.24) is 16.2 Å². The number of non-ortho nitro benzene ring substituents is 1. The highest BCUT2D eigenvalue weighted by Gasteiger charge is 2.17. The summed E-state index contributed by atoms with van der Waals surface area (Å²) in [4.78, 5) is 46.4. The van der Waals surface area contributed by atoms with Crippen LogP contribution in [0, 0.1) is 10.1 Å². The Hall–Kier alpha value is -3.86. The Morgan fingerprint density at radius 3 is 2.37 bits per heavy atom. The predicted octanol–water partition coefficient (Wildman–Crippen LogP) is 1.46. The lowest BCUT2D eigenvalue weighted by Gasteiger charge is -2.11. The highest BCUT2D eigenvalue weighted by Crippen LogP contribution is 2.24. The lowest BCUT2D eigenvalue weighted by molar-refractivity contribution is -0.384. The fraction of sp³-hybridized carbons (Fsp3) is 0.167. The third kappa shape index (κ3) is 5.58. The fourth-order valence-corrected chi connectivity index (χ4v) is 2.48. The topological polar surface area (TPSA) is 149 Å². The number of nitrogens with zero attached hydrogens (tertiary/aromatic N) is 1. The van der Waals surface area contributed by atoms with Gasteiger partial charge in [0.15, 0.2) is 0 Å². The van der Waals surface area contributed by atoms with Gasteiger partial charge in [0.25, 0.3) is 23.4 Å². The third-order valence-corrected chi connectivity index (χ3v) is 4.11. The van der Waals surface area contributed by atoms with Gasteiger partial charge in [0.2, 0.25) is 0 Å². The summed E-state index contributed by atoms with van der Waals surface area (Å²) in [5.41, 5.74) is 3.79. The van der Waals surface area contributed by atoms with Crippen LogP contribution in [0.25, 0.3) is 0 Å².